The molecule has 0 aliphatic rings. The van der Waals surface area contributed by atoms with Gasteiger partial charge < -0.3 is 14.6 Å². The van der Waals surface area contributed by atoms with Crippen molar-refractivity contribution in [3.05, 3.63) is 70.6 Å². The fourth-order valence-corrected chi connectivity index (χ4v) is 3.54. The maximum absolute atomic E-state index is 14.2. The minimum atomic E-state index is -0.270. The van der Waals surface area contributed by atoms with Gasteiger partial charge in [-0.3, -0.25) is 0 Å². The van der Waals surface area contributed by atoms with Gasteiger partial charge in [0.15, 0.2) is 0 Å². The van der Waals surface area contributed by atoms with Gasteiger partial charge in [-0.15, -0.1) is 0 Å². The highest BCUT2D eigenvalue weighted by molar-refractivity contribution is 6.31. The van der Waals surface area contributed by atoms with Gasteiger partial charge in [-0.1, -0.05) is 49.2 Å². The van der Waals surface area contributed by atoms with E-state index in [1.54, 1.807) is 12.1 Å². The zero-order chi connectivity index (χ0) is 19.8. The lowest BCUT2D eigenvalue weighted by atomic mass is 10.2. The van der Waals surface area contributed by atoms with E-state index >= 15 is 0 Å². The standard InChI is InChI=1S/C23H28ClFN2O/c1-2-3-13-28-14-7-12-26-15-18-16-27(23-11-5-4-8-19(18)23)17-20-21(24)9-6-10-22(20)25/h4-6,8-11,16,26H,2-3,7,12-15,17H2,1H3. The Hall–Kier alpha value is -1.88. The first-order valence-electron chi connectivity index (χ1n) is 9.98. The molecule has 150 valence electrons. The minimum absolute atomic E-state index is 0.270. The highest BCUT2D eigenvalue weighted by Crippen LogP contribution is 2.25. The molecular formula is C23H28ClFN2O. The lowest BCUT2D eigenvalue weighted by Gasteiger charge is -2.08. The Balaban J connectivity index is 1.64. The van der Waals surface area contributed by atoms with Crippen molar-refractivity contribution >= 4 is 22.5 Å². The molecule has 5 heteroatoms. The topological polar surface area (TPSA) is 26.2 Å². The van der Waals surface area contributed by atoms with Gasteiger partial charge in [0.1, 0.15) is 5.82 Å². The van der Waals surface area contributed by atoms with Crippen molar-refractivity contribution in [3.63, 3.8) is 0 Å². The summed E-state index contributed by atoms with van der Waals surface area (Å²) in [5.41, 5.74) is 2.81. The second kappa shape index (κ2) is 10.6. The van der Waals surface area contributed by atoms with E-state index in [4.69, 9.17) is 16.3 Å². The number of ether oxygens (including phenoxy) is 1. The first-order chi connectivity index (χ1) is 13.7. The molecule has 1 heterocycles. The highest BCUT2D eigenvalue weighted by atomic mass is 35.5. The summed E-state index contributed by atoms with van der Waals surface area (Å²) in [6.07, 6.45) is 5.38. The van der Waals surface area contributed by atoms with E-state index in [2.05, 4.69) is 35.1 Å². The van der Waals surface area contributed by atoms with Crippen LogP contribution in [-0.2, 0) is 17.8 Å². The quantitative estimate of drug-likeness (QED) is 0.411. The molecule has 0 bridgehead atoms. The summed E-state index contributed by atoms with van der Waals surface area (Å²) in [7, 11) is 0. The van der Waals surface area contributed by atoms with Crippen LogP contribution in [0.2, 0.25) is 5.02 Å². The van der Waals surface area contributed by atoms with E-state index in [0.717, 1.165) is 44.7 Å². The number of para-hydroxylation sites is 1. The van der Waals surface area contributed by atoms with Crippen molar-refractivity contribution in [1.82, 2.24) is 9.88 Å². The number of rotatable bonds is 11. The Kier molecular flexibility index (Phi) is 7.90. The second-order valence-electron chi connectivity index (χ2n) is 7.00. The molecule has 1 aromatic heterocycles. The first kappa shape index (κ1) is 20.8. The van der Waals surface area contributed by atoms with Crippen molar-refractivity contribution in [2.75, 3.05) is 19.8 Å². The van der Waals surface area contributed by atoms with E-state index < -0.39 is 0 Å². The zero-order valence-electron chi connectivity index (χ0n) is 16.4. The number of hydrogen-bond donors (Lipinski definition) is 1. The lowest BCUT2D eigenvalue weighted by molar-refractivity contribution is 0.129. The summed E-state index contributed by atoms with van der Waals surface area (Å²) >= 11 is 6.22. The van der Waals surface area contributed by atoms with Crippen LogP contribution in [0.1, 0.15) is 37.3 Å². The number of nitrogens with zero attached hydrogens (tertiary/aromatic N) is 1. The fourth-order valence-electron chi connectivity index (χ4n) is 3.32. The van der Waals surface area contributed by atoms with Crippen molar-refractivity contribution in [2.24, 2.45) is 0 Å². The summed E-state index contributed by atoms with van der Waals surface area (Å²) in [6.45, 7) is 5.90. The first-order valence-corrected chi connectivity index (χ1v) is 10.4. The number of unbranched alkanes of at least 4 members (excludes halogenated alkanes) is 1. The Labute approximate surface area is 171 Å². The average Bonchev–Trinajstić information content (AvgIpc) is 3.05. The Morgan fingerprint density at radius 2 is 1.89 bits per heavy atom. The normalized spacial score (nSPS) is 11.4. The second-order valence-corrected chi connectivity index (χ2v) is 7.40. The van der Waals surface area contributed by atoms with Crippen LogP contribution >= 0.6 is 11.6 Å². The average molecular weight is 403 g/mol. The Morgan fingerprint density at radius 3 is 2.71 bits per heavy atom. The van der Waals surface area contributed by atoms with Gasteiger partial charge >= 0.3 is 0 Å². The molecule has 0 spiro atoms. The molecule has 3 aromatic rings. The molecule has 3 rings (SSSR count). The fraction of sp³-hybridized carbons (Fsp3) is 0.391. The van der Waals surface area contributed by atoms with E-state index in [-0.39, 0.29) is 5.82 Å². The third kappa shape index (κ3) is 5.34. The Morgan fingerprint density at radius 1 is 1.07 bits per heavy atom. The lowest BCUT2D eigenvalue weighted by Crippen LogP contribution is -2.16. The summed E-state index contributed by atoms with van der Waals surface area (Å²) in [5.74, 6) is -0.270. The molecule has 0 unspecified atom stereocenters. The van der Waals surface area contributed by atoms with Crippen LogP contribution in [0, 0.1) is 5.82 Å². The van der Waals surface area contributed by atoms with E-state index in [0.29, 0.717) is 17.1 Å². The van der Waals surface area contributed by atoms with E-state index in [1.807, 2.05) is 12.1 Å². The van der Waals surface area contributed by atoms with Crippen LogP contribution < -0.4 is 5.32 Å². The summed E-state index contributed by atoms with van der Waals surface area (Å²) in [4.78, 5) is 0. The molecule has 0 saturated heterocycles. The van der Waals surface area contributed by atoms with Crippen molar-refractivity contribution in [3.8, 4) is 0 Å². The minimum Gasteiger partial charge on any atom is -0.381 e. The van der Waals surface area contributed by atoms with Crippen molar-refractivity contribution in [2.45, 2.75) is 39.3 Å². The van der Waals surface area contributed by atoms with Crippen LogP contribution in [0.4, 0.5) is 4.39 Å². The molecule has 28 heavy (non-hydrogen) atoms. The summed E-state index contributed by atoms with van der Waals surface area (Å²) in [6, 6.07) is 13.0. The molecule has 0 saturated carbocycles. The largest absolute Gasteiger partial charge is 0.381 e. The molecule has 0 amide bonds. The van der Waals surface area contributed by atoms with Gasteiger partial charge in [-0.25, -0.2) is 4.39 Å². The van der Waals surface area contributed by atoms with E-state index in [1.165, 1.54) is 23.4 Å². The van der Waals surface area contributed by atoms with Gasteiger partial charge in [0.25, 0.3) is 0 Å². The van der Waals surface area contributed by atoms with Gasteiger partial charge in [-0.05, 0) is 43.1 Å². The monoisotopic (exact) mass is 402 g/mol. The predicted octanol–water partition coefficient (Wildman–Crippen LogP) is 5.78. The van der Waals surface area contributed by atoms with Crippen LogP contribution in [-0.4, -0.2) is 24.3 Å². The zero-order valence-corrected chi connectivity index (χ0v) is 17.1. The van der Waals surface area contributed by atoms with Crippen molar-refractivity contribution < 1.29 is 9.13 Å². The predicted molar refractivity (Wildman–Crippen MR) is 115 cm³/mol. The summed E-state index contributed by atoms with van der Waals surface area (Å²) in [5, 5.41) is 5.13. The van der Waals surface area contributed by atoms with Crippen LogP contribution in [0.25, 0.3) is 10.9 Å². The summed E-state index contributed by atoms with van der Waals surface area (Å²) < 4.78 is 21.9. The smallest absolute Gasteiger partial charge is 0.129 e. The maximum atomic E-state index is 14.2. The van der Waals surface area contributed by atoms with Gasteiger partial charge in [0.05, 0.1) is 6.54 Å². The Bertz CT molecular complexity index is 873. The molecular weight excluding hydrogens is 375 g/mol. The maximum Gasteiger partial charge on any atom is 0.129 e. The van der Waals surface area contributed by atoms with Crippen LogP contribution in [0.3, 0.4) is 0 Å². The third-order valence-electron chi connectivity index (χ3n) is 4.86. The number of nitrogens with one attached hydrogen (secondary N) is 1. The molecule has 1 N–H and O–H groups in total. The highest BCUT2D eigenvalue weighted by Gasteiger charge is 2.12. The third-order valence-corrected chi connectivity index (χ3v) is 5.22. The number of fused-ring (bicyclic) bond motifs is 1. The number of halogens is 2. The van der Waals surface area contributed by atoms with Crippen molar-refractivity contribution in [1.29, 1.82) is 0 Å². The molecule has 2 aromatic carbocycles. The van der Waals surface area contributed by atoms with Crippen LogP contribution in [0.15, 0.2) is 48.7 Å². The SMILES string of the molecule is CCCCOCCCNCc1cn(Cc2c(F)cccc2Cl)c2ccccc12. The molecule has 3 nitrogen and oxygen atoms in total. The van der Waals surface area contributed by atoms with Gasteiger partial charge in [-0.2, -0.15) is 0 Å². The van der Waals surface area contributed by atoms with Crippen LogP contribution in [0.5, 0.6) is 0 Å². The molecule has 0 aliphatic carbocycles. The van der Waals surface area contributed by atoms with Gasteiger partial charge in [0.2, 0.25) is 0 Å². The molecule has 0 fully saturated rings. The van der Waals surface area contributed by atoms with E-state index in [9.17, 15) is 4.39 Å². The van der Waals surface area contributed by atoms with Gasteiger partial charge in [0, 0.05) is 47.4 Å². The molecule has 0 radical (unpaired) electrons. The molecule has 0 aliphatic heterocycles. The number of aromatic nitrogens is 1. The number of hydrogen-bond acceptors (Lipinski definition) is 2. The number of benzene rings is 2. The molecule has 0 atom stereocenters.